The van der Waals surface area contributed by atoms with E-state index in [1.54, 1.807) is 6.92 Å². The highest BCUT2D eigenvalue weighted by Gasteiger charge is 2.15. The fraction of sp³-hybridized carbons (Fsp3) is 0.364. The van der Waals surface area contributed by atoms with Crippen LogP contribution in [0.25, 0.3) is 0 Å². The van der Waals surface area contributed by atoms with Crippen LogP contribution >= 0.6 is 0 Å². The molecule has 0 aliphatic rings. The molecule has 0 fully saturated rings. The van der Waals surface area contributed by atoms with Crippen LogP contribution in [0.4, 0.5) is 0 Å². The molecule has 0 saturated carbocycles. The monoisotopic (exact) mass is 242 g/mol. The van der Waals surface area contributed by atoms with Crippen molar-refractivity contribution in [3.05, 3.63) is 24.3 Å². The summed E-state index contributed by atoms with van der Waals surface area (Å²) in [6.07, 6.45) is 0.957. The largest absolute Gasteiger partial charge is 0.478 e. The second-order valence-corrected chi connectivity index (χ2v) is 3.05. The van der Waals surface area contributed by atoms with E-state index in [1.165, 1.54) is 6.92 Å². The normalized spacial score (nSPS) is 12.5. The van der Waals surface area contributed by atoms with Crippen LogP contribution in [0.1, 0.15) is 20.3 Å². The molecular formula is C11H14O6. The van der Waals surface area contributed by atoms with Crippen molar-refractivity contribution in [2.45, 2.75) is 26.6 Å². The molecule has 0 aromatic carbocycles. The van der Waals surface area contributed by atoms with Gasteiger partial charge in [-0.1, -0.05) is 13.5 Å². The lowest BCUT2D eigenvalue weighted by atomic mass is 10.3. The van der Waals surface area contributed by atoms with E-state index in [9.17, 15) is 14.4 Å². The van der Waals surface area contributed by atoms with Gasteiger partial charge in [-0.05, 0) is 6.92 Å². The van der Waals surface area contributed by atoms with Crippen molar-refractivity contribution >= 4 is 17.9 Å². The van der Waals surface area contributed by atoms with Gasteiger partial charge in [0.15, 0.2) is 0 Å². The Morgan fingerprint density at radius 3 is 2.24 bits per heavy atom. The van der Waals surface area contributed by atoms with Crippen LogP contribution in [0.3, 0.4) is 0 Å². The molecule has 0 heterocycles. The number of hydrogen-bond donors (Lipinski definition) is 1. The molecule has 1 N–H and O–H groups in total. The van der Waals surface area contributed by atoms with E-state index < -0.39 is 24.2 Å². The molecule has 0 spiro atoms. The molecule has 94 valence electrons. The standard InChI is InChI=1S/C11H14O6/c1-4-8(12)16-10(5-2)17-9(13)6-7(3)11(14)15/h4,6,10H,1,5H2,2-3H3,(H,14,15)/b7-6-. The number of carboxylic acids is 1. The van der Waals surface area contributed by atoms with Gasteiger partial charge in [0.2, 0.25) is 6.29 Å². The fourth-order valence-electron chi connectivity index (χ4n) is 0.770. The Morgan fingerprint density at radius 1 is 1.29 bits per heavy atom. The van der Waals surface area contributed by atoms with E-state index >= 15 is 0 Å². The van der Waals surface area contributed by atoms with Crippen LogP contribution in [0.2, 0.25) is 0 Å². The van der Waals surface area contributed by atoms with Gasteiger partial charge in [-0.2, -0.15) is 0 Å². The molecule has 0 aliphatic heterocycles. The van der Waals surface area contributed by atoms with Crippen molar-refractivity contribution in [2.24, 2.45) is 0 Å². The van der Waals surface area contributed by atoms with Gasteiger partial charge in [-0.3, -0.25) is 0 Å². The zero-order valence-electron chi connectivity index (χ0n) is 9.63. The van der Waals surface area contributed by atoms with Crippen molar-refractivity contribution < 1.29 is 29.0 Å². The molecule has 17 heavy (non-hydrogen) atoms. The Morgan fingerprint density at radius 2 is 1.82 bits per heavy atom. The number of carbonyl (C=O) groups excluding carboxylic acids is 2. The molecule has 1 unspecified atom stereocenters. The lowest BCUT2D eigenvalue weighted by molar-refractivity contribution is -0.181. The minimum absolute atomic E-state index is 0.167. The summed E-state index contributed by atoms with van der Waals surface area (Å²) >= 11 is 0. The molecule has 1 atom stereocenters. The summed E-state index contributed by atoms with van der Waals surface area (Å²) in [7, 11) is 0. The molecule has 0 rings (SSSR count). The van der Waals surface area contributed by atoms with Gasteiger partial charge < -0.3 is 14.6 Å². The molecule has 6 nitrogen and oxygen atoms in total. The zero-order valence-corrected chi connectivity index (χ0v) is 9.63. The van der Waals surface area contributed by atoms with E-state index in [-0.39, 0.29) is 12.0 Å². The number of rotatable bonds is 6. The number of carboxylic acid groups (broad SMARTS) is 1. The lowest BCUT2D eigenvalue weighted by Crippen LogP contribution is -2.22. The predicted octanol–water partition coefficient (Wildman–Crippen LogP) is 1.03. The number of hydrogen-bond acceptors (Lipinski definition) is 5. The minimum Gasteiger partial charge on any atom is -0.478 e. The van der Waals surface area contributed by atoms with E-state index in [0.717, 1.165) is 12.2 Å². The topological polar surface area (TPSA) is 89.9 Å². The Balaban J connectivity index is 4.43. The summed E-state index contributed by atoms with van der Waals surface area (Å²) in [4.78, 5) is 32.5. The van der Waals surface area contributed by atoms with Gasteiger partial charge in [-0.15, -0.1) is 0 Å². The third-order valence-corrected chi connectivity index (χ3v) is 1.67. The maximum absolute atomic E-state index is 11.2. The molecule has 0 aliphatic carbocycles. The molecule has 0 bridgehead atoms. The van der Waals surface area contributed by atoms with Crippen molar-refractivity contribution in [1.82, 2.24) is 0 Å². The maximum atomic E-state index is 11.2. The fourth-order valence-corrected chi connectivity index (χ4v) is 0.770. The molecule has 0 aromatic heterocycles. The Hall–Kier alpha value is -2.11. The van der Waals surface area contributed by atoms with Crippen LogP contribution in [0.15, 0.2) is 24.3 Å². The molecule has 0 aromatic rings. The highest BCUT2D eigenvalue weighted by molar-refractivity contribution is 5.94. The quantitative estimate of drug-likeness (QED) is 0.425. The van der Waals surface area contributed by atoms with Crippen molar-refractivity contribution in [3.8, 4) is 0 Å². The lowest BCUT2D eigenvalue weighted by Gasteiger charge is -2.14. The summed E-state index contributed by atoms with van der Waals surface area (Å²) < 4.78 is 9.41. The second-order valence-electron chi connectivity index (χ2n) is 3.05. The van der Waals surface area contributed by atoms with Gasteiger partial charge in [-0.25, -0.2) is 14.4 Å². The van der Waals surface area contributed by atoms with Gasteiger partial charge in [0.25, 0.3) is 0 Å². The van der Waals surface area contributed by atoms with E-state index in [0.29, 0.717) is 0 Å². The average Bonchev–Trinajstić information content (AvgIpc) is 2.27. The van der Waals surface area contributed by atoms with Crippen LogP contribution in [-0.2, 0) is 23.9 Å². The van der Waals surface area contributed by atoms with Gasteiger partial charge >= 0.3 is 17.9 Å². The summed E-state index contributed by atoms with van der Waals surface area (Å²) in [5.74, 6) is -2.82. The SMILES string of the molecule is C=CC(=O)OC(CC)OC(=O)/C=C(/C)C(=O)O. The Bertz CT molecular complexity index is 355. The van der Waals surface area contributed by atoms with Gasteiger partial charge in [0.1, 0.15) is 0 Å². The van der Waals surface area contributed by atoms with Gasteiger partial charge in [0.05, 0.1) is 0 Å². The first kappa shape index (κ1) is 14.9. The first-order chi connectivity index (χ1) is 7.90. The van der Waals surface area contributed by atoms with Gasteiger partial charge in [0, 0.05) is 24.1 Å². The summed E-state index contributed by atoms with van der Waals surface area (Å²) in [5.41, 5.74) is -0.167. The molecule has 0 radical (unpaired) electrons. The summed E-state index contributed by atoms with van der Waals surface area (Å²) in [6, 6.07) is 0. The highest BCUT2D eigenvalue weighted by Crippen LogP contribution is 2.04. The van der Waals surface area contributed by atoms with E-state index in [2.05, 4.69) is 11.3 Å². The smallest absolute Gasteiger partial charge is 0.334 e. The van der Waals surface area contributed by atoms with Crippen molar-refractivity contribution in [3.63, 3.8) is 0 Å². The first-order valence-electron chi connectivity index (χ1n) is 4.86. The second kappa shape index (κ2) is 7.21. The molecular weight excluding hydrogens is 228 g/mol. The third kappa shape index (κ3) is 6.14. The number of aliphatic carboxylic acids is 1. The highest BCUT2D eigenvalue weighted by atomic mass is 16.7. The number of esters is 2. The van der Waals surface area contributed by atoms with Crippen LogP contribution in [0, 0.1) is 0 Å². The van der Waals surface area contributed by atoms with Crippen LogP contribution in [-0.4, -0.2) is 29.3 Å². The average molecular weight is 242 g/mol. The first-order valence-corrected chi connectivity index (χ1v) is 4.86. The molecule has 6 heteroatoms. The predicted molar refractivity (Wildman–Crippen MR) is 57.9 cm³/mol. The van der Waals surface area contributed by atoms with E-state index in [4.69, 9.17) is 9.84 Å². The third-order valence-electron chi connectivity index (χ3n) is 1.67. The van der Waals surface area contributed by atoms with Crippen LogP contribution in [0.5, 0.6) is 0 Å². The number of carbonyl (C=O) groups is 3. The number of ether oxygens (including phenoxy) is 2. The molecule has 0 saturated heterocycles. The summed E-state index contributed by atoms with van der Waals surface area (Å²) in [6.45, 7) is 6.09. The summed E-state index contributed by atoms with van der Waals surface area (Å²) in [5, 5.41) is 8.53. The molecule has 0 amide bonds. The minimum atomic E-state index is -1.22. The van der Waals surface area contributed by atoms with Crippen LogP contribution < -0.4 is 0 Å². The van der Waals surface area contributed by atoms with E-state index in [1.807, 2.05) is 0 Å². The van der Waals surface area contributed by atoms with Crippen molar-refractivity contribution in [2.75, 3.05) is 0 Å². The Labute approximate surface area is 98.5 Å². The maximum Gasteiger partial charge on any atom is 0.334 e. The Kier molecular flexibility index (Phi) is 6.32. The zero-order chi connectivity index (χ0) is 13.4. The van der Waals surface area contributed by atoms with Crippen molar-refractivity contribution in [1.29, 1.82) is 0 Å².